The molecule has 40 heavy (non-hydrogen) atoms. The molecule has 7 nitrogen and oxygen atoms in total. The Morgan fingerprint density at radius 1 is 0.775 bits per heavy atom. The van der Waals surface area contributed by atoms with E-state index in [1.165, 1.54) is 61.4 Å². The number of nitrogens with one attached hydrogen (secondary N) is 1. The van der Waals surface area contributed by atoms with Gasteiger partial charge in [-0.15, -0.1) is 0 Å². The zero-order valence-electron chi connectivity index (χ0n) is 24.2. The fourth-order valence-electron chi connectivity index (χ4n) is 6.28. The number of benzene rings is 2. The number of rotatable bonds is 10. The third kappa shape index (κ3) is 6.82. The smallest absolute Gasteiger partial charge is 0.161 e. The average Bonchev–Trinajstić information content (AvgIpc) is 3.52. The minimum Gasteiger partial charge on any atom is -0.370 e. The monoisotopic (exact) mass is 539 g/mol. The number of hydrogen-bond acceptors (Lipinski definition) is 7. The van der Waals surface area contributed by atoms with E-state index in [9.17, 15) is 0 Å². The van der Waals surface area contributed by atoms with Gasteiger partial charge in [-0.05, 0) is 82.2 Å². The summed E-state index contributed by atoms with van der Waals surface area (Å²) in [4.78, 5) is 20.3. The molecule has 0 unspecified atom stereocenters. The van der Waals surface area contributed by atoms with E-state index in [2.05, 4.69) is 86.6 Å². The topological polar surface area (TPSA) is 50.8 Å². The molecule has 0 saturated carbocycles. The van der Waals surface area contributed by atoms with Gasteiger partial charge in [0.2, 0.25) is 0 Å². The average molecular weight is 540 g/mol. The van der Waals surface area contributed by atoms with E-state index < -0.39 is 0 Å². The van der Waals surface area contributed by atoms with Crippen LogP contribution in [0.15, 0.2) is 54.6 Å². The molecule has 6 rings (SSSR count). The van der Waals surface area contributed by atoms with E-state index in [1.807, 2.05) is 0 Å². The van der Waals surface area contributed by atoms with E-state index in [0.717, 1.165) is 82.4 Å². The van der Waals surface area contributed by atoms with Crippen LogP contribution in [-0.4, -0.2) is 90.6 Å². The number of aromatic nitrogens is 2. The molecule has 212 valence electrons. The molecule has 0 amide bonds. The molecule has 1 N–H and O–H groups in total. The van der Waals surface area contributed by atoms with Crippen LogP contribution in [0.2, 0.25) is 0 Å². The molecule has 0 atom stereocenters. The highest BCUT2D eigenvalue weighted by Crippen LogP contribution is 2.29. The Morgan fingerprint density at radius 2 is 1.55 bits per heavy atom. The molecular formula is C33H45N7. The molecular weight excluding hydrogens is 494 g/mol. The molecule has 0 radical (unpaired) electrons. The van der Waals surface area contributed by atoms with E-state index in [4.69, 9.17) is 9.97 Å². The lowest BCUT2D eigenvalue weighted by Crippen LogP contribution is -2.44. The lowest BCUT2D eigenvalue weighted by Gasteiger charge is -2.34. The van der Waals surface area contributed by atoms with Crippen molar-refractivity contribution in [2.45, 2.75) is 45.2 Å². The van der Waals surface area contributed by atoms with Gasteiger partial charge in [0.25, 0.3) is 0 Å². The normalized spacial score (nSPS) is 18.7. The lowest BCUT2D eigenvalue weighted by atomic mass is 10.0. The Bertz CT molecular complexity index is 1220. The van der Waals surface area contributed by atoms with E-state index in [0.29, 0.717) is 0 Å². The van der Waals surface area contributed by atoms with Gasteiger partial charge in [-0.2, -0.15) is 0 Å². The molecule has 2 fully saturated rings. The molecule has 3 aliphatic rings. The SMILES string of the molecule is CN1CCN(c2ccc(-c3nc4c(c(NCCCCN5CCCC5)n3)CN(Cc3ccccc3)CC4)cc2)CC1. The quantitative estimate of drug-likeness (QED) is 0.374. The molecule has 3 aliphatic heterocycles. The van der Waals surface area contributed by atoms with Crippen molar-refractivity contribution in [1.82, 2.24) is 24.7 Å². The largest absolute Gasteiger partial charge is 0.370 e. The summed E-state index contributed by atoms with van der Waals surface area (Å²) in [6, 6.07) is 19.7. The molecule has 7 heteroatoms. The first-order valence-corrected chi connectivity index (χ1v) is 15.4. The summed E-state index contributed by atoms with van der Waals surface area (Å²) in [6.45, 7) is 12.0. The third-order valence-electron chi connectivity index (χ3n) is 8.77. The van der Waals surface area contributed by atoms with Crippen molar-refractivity contribution in [3.05, 3.63) is 71.4 Å². The molecule has 2 aromatic carbocycles. The first kappa shape index (κ1) is 27.2. The zero-order valence-corrected chi connectivity index (χ0v) is 24.2. The lowest BCUT2D eigenvalue weighted by molar-refractivity contribution is 0.243. The number of piperazine rings is 1. The van der Waals surface area contributed by atoms with E-state index in [-0.39, 0.29) is 0 Å². The molecule has 0 spiro atoms. The second-order valence-corrected chi connectivity index (χ2v) is 11.8. The Labute approximate surface area is 240 Å². The molecule has 0 aliphatic carbocycles. The van der Waals surface area contributed by atoms with Crippen LogP contribution in [0, 0.1) is 0 Å². The van der Waals surface area contributed by atoms with Gasteiger partial charge in [0.05, 0.1) is 5.69 Å². The molecule has 0 bridgehead atoms. The van der Waals surface area contributed by atoms with Crippen LogP contribution in [0.5, 0.6) is 0 Å². The maximum absolute atomic E-state index is 5.15. The number of hydrogen-bond donors (Lipinski definition) is 1. The summed E-state index contributed by atoms with van der Waals surface area (Å²) in [7, 11) is 2.20. The van der Waals surface area contributed by atoms with Crippen LogP contribution in [0.25, 0.3) is 11.4 Å². The predicted molar refractivity (Wildman–Crippen MR) is 165 cm³/mol. The van der Waals surface area contributed by atoms with E-state index >= 15 is 0 Å². The highest BCUT2D eigenvalue weighted by Gasteiger charge is 2.23. The molecule has 3 aromatic rings. The van der Waals surface area contributed by atoms with Gasteiger partial charge >= 0.3 is 0 Å². The molecule has 2 saturated heterocycles. The van der Waals surface area contributed by atoms with Crippen molar-refractivity contribution in [2.24, 2.45) is 0 Å². The summed E-state index contributed by atoms with van der Waals surface area (Å²) < 4.78 is 0. The van der Waals surface area contributed by atoms with Crippen LogP contribution in [0.1, 0.15) is 42.5 Å². The number of likely N-dealkylation sites (tertiary alicyclic amines) is 1. The Morgan fingerprint density at radius 3 is 2.33 bits per heavy atom. The highest BCUT2D eigenvalue weighted by atomic mass is 15.2. The van der Waals surface area contributed by atoms with Gasteiger partial charge in [0, 0.05) is 75.6 Å². The predicted octanol–water partition coefficient (Wildman–Crippen LogP) is 4.74. The molecule has 1 aromatic heterocycles. The fourth-order valence-corrected chi connectivity index (χ4v) is 6.28. The van der Waals surface area contributed by atoms with Crippen molar-refractivity contribution in [2.75, 3.05) is 76.2 Å². The van der Waals surface area contributed by atoms with Crippen LogP contribution >= 0.6 is 0 Å². The van der Waals surface area contributed by atoms with Gasteiger partial charge in [-0.1, -0.05) is 30.3 Å². The Kier molecular flexibility index (Phi) is 8.91. The second kappa shape index (κ2) is 13.1. The number of unbranched alkanes of at least 4 members (excludes halogenated alkanes) is 1. The van der Waals surface area contributed by atoms with Gasteiger partial charge < -0.3 is 20.0 Å². The number of fused-ring (bicyclic) bond motifs is 1. The van der Waals surface area contributed by atoms with Crippen molar-refractivity contribution in [3.63, 3.8) is 0 Å². The van der Waals surface area contributed by atoms with Crippen LogP contribution in [0.3, 0.4) is 0 Å². The van der Waals surface area contributed by atoms with Gasteiger partial charge in [-0.25, -0.2) is 9.97 Å². The van der Waals surface area contributed by atoms with Crippen molar-refractivity contribution < 1.29 is 0 Å². The standard InChI is InChI=1S/C33H45N7/c1-37-21-23-40(24-22-37)29-13-11-28(12-14-29)32-35-31-15-20-39(25-27-9-3-2-4-10-27)26-30(31)33(36-32)34-16-5-6-17-38-18-7-8-19-38/h2-4,9-14H,5-8,15-26H2,1H3,(H,34,35,36). The van der Waals surface area contributed by atoms with Crippen molar-refractivity contribution in [3.8, 4) is 11.4 Å². The fraction of sp³-hybridized carbons (Fsp3) is 0.515. The molecule has 4 heterocycles. The number of anilines is 2. The number of likely N-dealkylation sites (N-methyl/N-ethyl adjacent to an activating group) is 1. The summed E-state index contributed by atoms with van der Waals surface area (Å²) >= 11 is 0. The zero-order chi connectivity index (χ0) is 27.1. The summed E-state index contributed by atoms with van der Waals surface area (Å²) in [6.07, 6.45) is 6.09. The minimum absolute atomic E-state index is 0.847. The Balaban J connectivity index is 1.17. The van der Waals surface area contributed by atoms with Crippen LogP contribution in [-0.2, 0) is 19.5 Å². The summed E-state index contributed by atoms with van der Waals surface area (Å²) in [5.74, 6) is 1.88. The minimum atomic E-state index is 0.847. The third-order valence-corrected chi connectivity index (χ3v) is 8.77. The van der Waals surface area contributed by atoms with Crippen LogP contribution in [0.4, 0.5) is 11.5 Å². The summed E-state index contributed by atoms with van der Waals surface area (Å²) in [5, 5.41) is 3.75. The van der Waals surface area contributed by atoms with Crippen molar-refractivity contribution >= 4 is 11.5 Å². The van der Waals surface area contributed by atoms with Crippen molar-refractivity contribution in [1.29, 1.82) is 0 Å². The first-order valence-electron chi connectivity index (χ1n) is 15.4. The van der Waals surface area contributed by atoms with E-state index in [1.54, 1.807) is 0 Å². The maximum atomic E-state index is 5.15. The van der Waals surface area contributed by atoms with Gasteiger partial charge in [0.15, 0.2) is 5.82 Å². The second-order valence-electron chi connectivity index (χ2n) is 11.8. The maximum Gasteiger partial charge on any atom is 0.161 e. The first-order chi connectivity index (χ1) is 19.7. The number of nitrogens with zero attached hydrogens (tertiary/aromatic N) is 6. The van der Waals surface area contributed by atoms with Gasteiger partial charge in [0.1, 0.15) is 5.82 Å². The van der Waals surface area contributed by atoms with Crippen LogP contribution < -0.4 is 10.2 Å². The Hall–Kier alpha value is -3.00. The van der Waals surface area contributed by atoms with Gasteiger partial charge in [-0.3, -0.25) is 4.90 Å². The highest BCUT2D eigenvalue weighted by molar-refractivity contribution is 5.63. The summed E-state index contributed by atoms with van der Waals surface area (Å²) in [5.41, 5.74) is 6.24.